The zero-order chi connectivity index (χ0) is 16.8. The van der Waals surface area contributed by atoms with E-state index in [1.54, 1.807) is 0 Å². The average molecular weight is 317 g/mol. The molecule has 1 N–H and O–H groups in total. The van der Waals surface area contributed by atoms with E-state index in [-0.39, 0.29) is 5.92 Å². The molecule has 1 aromatic rings. The average Bonchev–Trinajstić information content (AvgIpc) is 2.54. The summed E-state index contributed by atoms with van der Waals surface area (Å²) in [5, 5.41) is 3.49. The summed E-state index contributed by atoms with van der Waals surface area (Å²) in [4.78, 5) is 16.5. The van der Waals surface area contributed by atoms with E-state index < -0.39 is 0 Å². The van der Waals surface area contributed by atoms with Crippen LogP contribution in [-0.4, -0.2) is 55.0 Å². The fourth-order valence-electron chi connectivity index (χ4n) is 2.70. The van der Waals surface area contributed by atoms with Gasteiger partial charge in [0.05, 0.1) is 13.2 Å². The van der Waals surface area contributed by atoms with E-state index >= 15 is 0 Å². The molecule has 2 rings (SSSR count). The van der Waals surface area contributed by atoms with Gasteiger partial charge in [0.1, 0.15) is 5.78 Å². The van der Waals surface area contributed by atoms with E-state index in [9.17, 15) is 4.79 Å². The number of nitrogens with one attached hydrogen (secondary N) is 1. The van der Waals surface area contributed by atoms with Gasteiger partial charge in [-0.05, 0) is 23.6 Å². The monoisotopic (exact) mass is 317 g/mol. The fourth-order valence-corrected chi connectivity index (χ4v) is 2.70. The number of anilines is 1. The first-order valence-electron chi connectivity index (χ1n) is 8.77. The van der Waals surface area contributed by atoms with E-state index in [1.165, 1.54) is 11.3 Å². The molecule has 4 nitrogen and oxygen atoms in total. The van der Waals surface area contributed by atoms with Gasteiger partial charge >= 0.3 is 0 Å². The molecule has 23 heavy (non-hydrogen) atoms. The van der Waals surface area contributed by atoms with Crippen LogP contribution in [0.2, 0.25) is 0 Å². The molecule has 1 fully saturated rings. The Morgan fingerprint density at radius 1 is 1.00 bits per heavy atom. The van der Waals surface area contributed by atoms with Crippen LogP contribution in [0.15, 0.2) is 24.3 Å². The number of carbonyl (C=O) groups is 1. The van der Waals surface area contributed by atoms with Crippen LogP contribution >= 0.6 is 0 Å². The number of hydrogen-bond acceptors (Lipinski definition) is 4. The van der Waals surface area contributed by atoms with Gasteiger partial charge in [-0.15, -0.1) is 0 Å². The maximum atomic E-state index is 11.8. The SMILES string of the molecule is CC(C)C(=O)CN1CCN(CNc2ccc(C(C)C)cc2)CC1. The summed E-state index contributed by atoms with van der Waals surface area (Å²) >= 11 is 0. The summed E-state index contributed by atoms with van der Waals surface area (Å²) in [7, 11) is 0. The molecule has 0 unspecified atom stereocenters. The standard InChI is InChI=1S/C19H31N3O/c1-15(2)17-5-7-18(8-6-17)20-14-22-11-9-21(10-12-22)13-19(23)16(3)4/h5-8,15-16,20H,9-14H2,1-4H3. The number of Topliss-reactive ketones (excluding diaryl/α,β-unsaturated/α-hetero) is 1. The first-order chi connectivity index (χ1) is 11.0. The molecular formula is C19H31N3O. The Morgan fingerprint density at radius 3 is 2.09 bits per heavy atom. The smallest absolute Gasteiger partial charge is 0.149 e. The van der Waals surface area contributed by atoms with Crippen molar-refractivity contribution in [2.45, 2.75) is 33.6 Å². The van der Waals surface area contributed by atoms with Gasteiger partial charge in [-0.3, -0.25) is 14.6 Å². The van der Waals surface area contributed by atoms with E-state index in [4.69, 9.17) is 0 Å². The number of carbonyl (C=O) groups excluding carboxylic acids is 1. The molecule has 0 radical (unpaired) electrons. The Bertz CT molecular complexity index is 488. The number of piperazine rings is 1. The van der Waals surface area contributed by atoms with Crippen molar-refractivity contribution in [3.05, 3.63) is 29.8 Å². The predicted molar refractivity (Wildman–Crippen MR) is 96.9 cm³/mol. The first-order valence-corrected chi connectivity index (χ1v) is 8.77. The van der Waals surface area contributed by atoms with Gasteiger partial charge in [-0.1, -0.05) is 39.8 Å². The van der Waals surface area contributed by atoms with Crippen LogP contribution in [0.5, 0.6) is 0 Å². The first kappa shape index (κ1) is 18.0. The number of nitrogens with zero attached hydrogens (tertiary/aromatic N) is 2. The Morgan fingerprint density at radius 2 is 1.57 bits per heavy atom. The van der Waals surface area contributed by atoms with Gasteiger partial charge in [0.2, 0.25) is 0 Å². The van der Waals surface area contributed by atoms with Crippen LogP contribution in [0.3, 0.4) is 0 Å². The van der Waals surface area contributed by atoms with E-state index in [2.05, 4.69) is 53.2 Å². The van der Waals surface area contributed by atoms with Gasteiger partial charge in [-0.2, -0.15) is 0 Å². The summed E-state index contributed by atoms with van der Waals surface area (Å²) in [5.74, 6) is 1.07. The molecular weight excluding hydrogens is 286 g/mol. The molecule has 0 saturated carbocycles. The Hall–Kier alpha value is -1.39. The van der Waals surface area contributed by atoms with Gasteiger partial charge in [0.15, 0.2) is 0 Å². The molecule has 1 aliphatic heterocycles. The van der Waals surface area contributed by atoms with Gasteiger partial charge in [-0.25, -0.2) is 0 Å². The largest absolute Gasteiger partial charge is 0.372 e. The Kier molecular flexibility index (Phi) is 6.60. The topological polar surface area (TPSA) is 35.6 Å². The Labute approximate surface area is 140 Å². The van der Waals surface area contributed by atoms with Crippen molar-refractivity contribution in [1.82, 2.24) is 9.80 Å². The third-order valence-electron chi connectivity index (χ3n) is 4.57. The summed E-state index contributed by atoms with van der Waals surface area (Å²) in [5.41, 5.74) is 2.55. The summed E-state index contributed by atoms with van der Waals surface area (Å²) in [6, 6.07) is 8.71. The minimum absolute atomic E-state index is 0.142. The van der Waals surface area contributed by atoms with Crippen molar-refractivity contribution in [3.8, 4) is 0 Å². The second-order valence-corrected chi connectivity index (χ2v) is 7.13. The van der Waals surface area contributed by atoms with Gasteiger partial charge < -0.3 is 5.32 Å². The lowest BCUT2D eigenvalue weighted by atomic mass is 10.0. The molecule has 0 aromatic heterocycles. The lowest BCUT2D eigenvalue weighted by Crippen LogP contribution is -2.49. The van der Waals surface area contributed by atoms with E-state index in [1.807, 2.05) is 13.8 Å². The van der Waals surface area contributed by atoms with Gasteiger partial charge in [0, 0.05) is 37.8 Å². The lowest BCUT2D eigenvalue weighted by molar-refractivity contribution is -0.123. The highest BCUT2D eigenvalue weighted by Gasteiger charge is 2.19. The summed E-state index contributed by atoms with van der Waals surface area (Å²) in [6.07, 6.45) is 0. The molecule has 0 atom stereocenters. The van der Waals surface area contributed by atoms with Crippen LogP contribution in [0.25, 0.3) is 0 Å². The van der Waals surface area contributed by atoms with Crippen molar-refractivity contribution in [3.63, 3.8) is 0 Å². The molecule has 4 heteroatoms. The maximum Gasteiger partial charge on any atom is 0.149 e. The highest BCUT2D eigenvalue weighted by atomic mass is 16.1. The van der Waals surface area contributed by atoms with Crippen molar-refractivity contribution in [2.75, 3.05) is 44.7 Å². The van der Waals surface area contributed by atoms with Crippen LogP contribution in [0, 0.1) is 5.92 Å². The zero-order valence-electron chi connectivity index (χ0n) is 15.0. The molecule has 1 saturated heterocycles. The number of hydrogen-bond donors (Lipinski definition) is 1. The predicted octanol–water partition coefficient (Wildman–Crippen LogP) is 3.02. The number of ketones is 1. The second kappa shape index (κ2) is 8.46. The highest BCUT2D eigenvalue weighted by Crippen LogP contribution is 2.17. The van der Waals surface area contributed by atoms with Crippen molar-refractivity contribution in [2.24, 2.45) is 5.92 Å². The van der Waals surface area contributed by atoms with Crippen LogP contribution in [-0.2, 0) is 4.79 Å². The summed E-state index contributed by atoms with van der Waals surface area (Å²) < 4.78 is 0. The normalized spacial score (nSPS) is 17.0. The maximum absolute atomic E-state index is 11.8. The van der Waals surface area contributed by atoms with Crippen LogP contribution < -0.4 is 5.32 Å². The second-order valence-electron chi connectivity index (χ2n) is 7.13. The highest BCUT2D eigenvalue weighted by molar-refractivity contribution is 5.82. The molecule has 0 amide bonds. The van der Waals surface area contributed by atoms with Crippen LogP contribution in [0.1, 0.15) is 39.2 Å². The molecule has 0 bridgehead atoms. The third-order valence-corrected chi connectivity index (χ3v) is 4.57. The summed E-state index contributed by atoms with van der Waals surface area (Å²) in [6.45, 7) is 13.9. The minimum atomic E-state index is 0.142. The van der Waals surface area contributed by atoms with E-state index in [0.29, 0.717) is 18.2 Å². The number of rotatable bonds is 7. The number of benzene rings is 1. The zero-order valence-corrected chi connectivity index (χ0v) is 15.0. The fraction of sp³-hybridized carbons (Fsp3) is 0.632. The molecule has 0 spiro atoms. The molecule has 128 valence electrons. The van der Waals surface area contributed by atoms with Crippen LogP contribution in [0.4, 0.5) is 5.69 Å². The third kappa shape index (κ3) is 5.63. The van der Waals surface area contributed by atoms with Crippen molar-refractivity contribution >= 4 is 11.5 Å². The van der Waals surface area contributed by atoms with Gasteiger partial charge in [0.25, 0.3) is 0 Å². The van der Waals surface area contributed by atoms with Crippen molar-refractivity contribution < 1.29 is 4.79 Å². The molecule has 1 aromatic carbocycles. The minimum Gasteiger partial charge on any atom is -0.372 e. The quantitative estimate of drug-likeness (QED) is 0.838. The van der Waals surface area contributed by atoms with E-state index in [0.717, 1.165) is 32.8 Å². The molecule has 1 aliphatic rings. The Balaban J connectivity index is 1.71. The lowest BCUT2D eigenvalue weighted by Gasteiger charge is -2.34. The molecule has 0 aliphatic carbocycles. The van der Waals surface area contributed by atoms with Crippen molar-refractivity contribution in [1.29, 1.82) is 0 Å². The molecule has 1 heterocycles.